The third-order valence-electron chi connectivity index (χ3n) is 2.48. The Balaban J connectivity index is 2.07. The van der Waals surface area contributed by atoms with Crippen LogP contribution in [0.15, 0.2) is 23.1 Å². The van der Waals surface area contributed by atoms with Crippen molar-refractivity contribution in [1.82, 2.24) is 9.59 Å². The second kappa shape index (κ2) is 5.51. The fourth-order valence-electron chi connectivity index (χ4n) is 1.60. The summed E-state index contributed by atoms with van der Waals surface area (Å²) in [6.07, 6.45) is 0. The molecule has 0 atom stereocenters. The predicted octanol–water partition coefficient (Wildman–Crippen LogP) is 3.49. The molecule has 2 aromatic rings. The Kier molecular flexibility index (Phi) is 4.02. The molecule has 0 saturated heterocycles. The zero-order valence-corrected chi connectivity index (χ0v) is 11.8. The summed E-state index contributed by atoms with van der Waals surface area (Å²) >= 11 is 3.21. The fraction of sp³-hybridized carbons (Fsp3) is 0.333. The van der Waals surface area contributed by atoms with Gasteiger partial charge in [0.2, 0.25) is 0 Å². The lowest BCUT2D eigenvalue weighted by atomic mass is 10.2. The van der Waals surface area contributed by atoms with E-state index in [1.807, 2.05) is 18.8 Å². The van der Waals surface area contributed by atoms with Crippen LogP contribution in [0.4, 0.5) is 5.00 Å². The molecule has 0 bridgehead atoms. The normalized spacial score (nSPS) is 10.5. The Morgan fingerprint density at radius 2 is 2.18 bits per heavy atom. The van der Waals surface area contributed by atoms with Crippen LogP contribution < -0.4 is 5.32 Å². The van der Waals surface area contributed by atoms with Gasteiger partial charge in [-0.25, -0.2) is 0 Å². The van der Waals surface area contributed by atoms with E-state index < -0.39 is 0 Å². The van der Waals surface area contributed by atoms with E-state index in [1.54, 1.807) is 0 Å². The van der Waals surface area contributed by atoms with E-state index in [4.69, 9.17) is 0 Å². The first-order valence-electron chi connectivity index (χ1n) is 5.39. The molecule has 0 unspecified atom stereocenters. The SMILES string of the molecule is CNc1snnc1CSc1ccc(C)cc1C. The van der Waals surface area contributed by atoms with E-state index in [0.29, 0.717) is 0 Å². The monoisotopic (exact) mass is 265 g/mol. The summed E-state index contributed by atoms with van der Waals surface area (Å²) in [7, 11) is 1.90. The molecule has 2 rings (SSSR count). The van der Waals surface area contributed by atoms with Crippen LogP contribution in [0, 0.1) is 13.8 Å². The van der Waals surface area contributed by atoms with E-state index in [-0.39, 0.29) is 0 Å². The summed E-state index contributed by atoms with van der Waals surface area (Å²) in [4.78, 5) is 1.31. The van der Waals surface area contributed by atoms with Crippen molar-refractivity contribution in [3.05, 3.63) is 35.0 Å². The van der Waals surface area contributed by atoms with Gasteiger partial charge in [0.05, 0.1) is 0 Å². The highest BCUT2D eigenvalue weighted by molar-refractivity contribution is 7.98. The maximum atomic E-state index is 4.13. The summed E-state index contributed by atoms with van der Waals surface area (Å²) in [6, 6.07) is 6.53. The Morgan fingerprint density at radius 3 is 2.88 bits per heavy atom. The van der Waals surface area contributed by atoms with Crippen LogP contribution in [0.3, 0.4) is 0 Å². The molecule has 90 valence electrons. The molecule has 0 aliphatic rings. The Labute approximate surface area is 110 Å². The molecule has 1 aromatic carbocycles. The summed E-state index contributed by atoms with van der Waals surface area (Å²) in [5.41, 5.74) is 3.66. The molecule has 0 radical (unpaired) electrons. The minimum Gasteiger partial charge on any atom is -0.377 e. The number of aromatic nitrogens is 2. The van der Waals surface area contributed by atoms with Gasteiger partial charge in [-0.1, -0.05) is 22.2 Å². The number of nitrogens with zero attached hydrogens (tertiary/aromatic N) is 2. The van der Waals surface area contributed by atoms with E-state index in [1.165, 1.54) is 27.6 Å². The molecule has 17 heavy (non-hydrogen) atoms. The number of nitrogens with one attached hydrogen (secondary N) is 1. The van der Waals surface area contributed by atoms with Crippen molar-refractivity contribution in [2.45, 2.75) is 24.5 Å². The van der Waals surface area contributed by atoms with Gasteiger partial charge in [0.15, 0.2) is 0 Å². The van der Waals surface area contributed by atoms with Crippen LogP contribution >= 0.6 is 23.3 Å². The average molecular weight is 265 g/mol. The number of hydrogen-bond donors (Lipinski definition) is 1. The minimum absolute atomic E-state index is 0.858. The summed E-state index contributed by atoms with van der Waals surface area (Å²) in [5.74, 6) is 0.858. The van der Waals surface area contributed by atoms with Gasteiger partial charge >= 0.3 is 0 Å². The maximum absolute atomic E-state index is 4.13. The van der Waals surface area contributed by atoms with E-state index >= 15 is 0 Å². The molecule has 0 saturated carbocycles. The maximum Gasteiger partial charge on any atom is 0.133 e. The second-order valence-electron chi connectivity index (χ2n) is 3.86. The molecule has 0 amide bonds. The number of thioether (sulfide) groups is 1. The third-order valence-corrected chi connectivity index (χ3v) is 4.45. The molecule has 3 nitrogen and oxygen atoms in total. The Hall–Kier alpha value is -1.07. The van der Waals surface area contributed by atoms with Gasteiger partial charge in [-0.2, -0.15) is 0 Å². The molecule has 0 aliphatic heterocycles. The number of anilines is 1. The molecule has 1 N–H and O–H groups in total. The molecule has 0 aliphatic carbocycles. The van der Waals surface area contributed by atoms with Gasteiger partial charge in [-0.15, -0.1) is 16.9 Å². The van der Waals surface area contributed by atoms with Crippen molar-refractivity contribution in [3.8, 4) is 0 Å². The topological polar surface area (TPSA) is 37.8 Å². The predicted molar refractivity (Wildman–Crippen MR) is 74.9 cm³/mol. The first-order valence-corrected chi connectivity index (χ1v) is 7.15. The highest BCUT2D eigenvalue weighted by Gasteiger charge is 2.07. The smallest absolute Gasteiger partial charge is 0.133 e. The molecular formula is C12H15N3S2. The largest absolute Gasteiger partial charge is 0.377 e. The zero-order chi connectivity index (χ0) is 12.3. The zero-order valence-electron chi connectivity index (χ0n) is 10.2. The van der Waals surface area contributed by atoms with Gasteiger partial charge < -0.3 is 5.32 Å². The van der Waals surface area contributed by atoms with Crippen LogP contribution in [0.25, 0.3) is 0 Å². The van der Waals surface area contributed by atoms with Gasteiger partial charge in [0.25, 0.3) is 0 Å². The van der Waals surface area contributed by atoms with E-state index in [2.05, 4.69) is 47.0 Å². The molecule has 1 aromatic heterocycles. The number of hydrogen-bond acceptors (Lipinski definition) is 5. The lowest BCUT2D eigenvalue weighted by Gasteiger charge is -2.05. The fourth-order valence-corrected chi connectivity index (χ4v) is 3.17. The lowest BCUT2D eigenvalue weighted by Crippen LogP contribution is -1.91. The standard InChI is InChI=1S/C12H15N3S2/c1-8-4-5-11(9(2)6-8)16-7-10-12(13-3)17-15-14-10/h4-6,13H,7H2,1-3H3. The van der Waals surface area contributed by atoms with Crippen molar-refractivity contribution in [1.29, 1.82) is 0 Å². The van der Waals surface area contributed by atoms with Gasteiger partial charge in [0, 0.05) is 29.2 Å². The van der Waals surface area contributed by atoms with Crippen molar-refractivity contribution in [3.63, 3.8) is 0 Å². The van der Waals surface area contributed by atoms with Gasteiger partial charge in [-0.3, -0.25) is 0 Å². The lowest BCUT2D eigenvalue weighted by molar-refractivity contribution is 1.07. The summed E-state index contributed by atoms with van der Waals surface area (Å²) < 4.78 is 3.96. The quantitative estimate of drug-likeness (QED) is 0.859. The molecule has 0 spiro atoms. The van der Waals surface area contributed by atoms with Gasteiger partial charge in [-0.05, 0) is 25.5 Å². The van der Waals surface area contributed by atoms with Crippen LogP contribution in [0.2, 0.25) is 0 Å². The number of benzene rings is 1. The van der Waals surface area contributed by atoms with Crippen molar-refractivity contribution in [2.24, 2.45) is 0 Å². The minimum atomic E-state index is 0.858. The highest BCUT2D eigenvalue weighted by Crippen LogP contribution is 2.29. The molecule has 1 heterocycles. The van der Waals surface area contributed by atoms with Crippen molar-refractivity contribution < 1.29 is 0 Å². The summed E-state index contributed by atoms with van der Waals surface area (Å²) in [6.45, 7) is 4.26. The summed E-state index contributed by atoms with van der Waals surface area (Å²) in [5, 5.41) is 8.31. The molecule has 5 heteroatoms. The van der Waals surface area contributed by atoms with Gasteiger partial charge in [0.1, 0.15) is 10.7 Å². The van der Waals surface area contributed by atoms with E-state index in [9.17, 15) is 0 Å². The Morgan fingerprint density at radius 1 is 1.35 bits per heavy atom. The van der Waals surface area contributed by atoms with E-state index in [0.717, 1.165) is 16.4 Å². The van der Waals surface area contributed by atoms with Crippen molar-refractivity contribution >= 4 is 28.3 Å². The Bertz CT molecular complexity index is 508. The number of aryl methyl sites for hydroxylation is 2. The van der Waals surface area contributed by atoms with Crippen LogP contribution in [0.5, 0.6) is 0 Å². The molecular weight excluding hydrogens is 250 g/mol. The van der Waals surface area contributed by atoms with Crippen LogP contribution in [-0.2, 0) is 5.75 Å². The first kappa shape index (κ1) is 12.4. The third kappa shape index (κ3) is 2.98. The average Bonchev–Trinajstić information content (AvgIpc) is 2.75. The number of rotatable bonds is 4. The second-order valence-corrected chi connectivity index (χ2v) is 5.63. The highest BCUT2D eigenvalue weighted by atomic mass is 32.2. The van der Waals surface area contributed by atoms with Crippen LogP contribution in [0.1, 0.15) is 16.8 Å². The van der Waals surface area contributed by atoms with Crippen molar-refractivity contribution in [2.75, 3.05) is 12.4 Å². The molecule has 0 fully saturated rings. The van der Waals surface area contributed by atoms with Crippen LogP contribution in [-0.4, -0.2) is 16.6 Å². The first-order chi connectivity index (χ1) is 8.20.